The van der Waals surface area contributed by atoms with Crippen molar-refractivity contribution in [3.05, 3.63) is 94.0 Å². The molecule has 0 bridgehead atoms. The lowest BCUT2D eigenvalue weighted by Gasteiger charge is -2.34. The molecule has 4 rings (SSSR count). The molecule has 142 valence electrons. The van der Waals surface area contributed by atoms with Crippen molar-refractivity contribution in [2.75, 3.05) is 4.90 Å². The third kappa shape index (κ3) is 2.87. The maximum atomic E-state index is 13.6. The highest BCUT2D eigenvalue weighted by Crippen LogP contribution is 2.54. The number of hydrogen-bond acceptors (Lipinski definition) is 2. The molecule has 0 saturated carbocycles. The van der Waals surface area contributed by atoms with Gasteiger partial charge in [0.1, 0.15) is 5.75 Å². The Hall–Kier alpha value is -2.78. The third-order valence-electron chi connectivity index (χ3n) is 5.59. The standard InChI is InChI=1S/C24H22ClNO2/c1-15-8-13-21(27)18(14-15)22-24(2,3)19-6-4-5-7-20(19)26(22)23(28)16-9-11-17(25)12-10-16/h4-14,22,27H,1-3H3. The average Bonchev–Trinajstić information content (AvgIpc) is 2.91. The lowest BCUT2D eigenvalue weighted by molar-refractivity contribution is 0.0971. The molecule has 0 fully saturated rings. The van der Waals surface area contributed by atoms with Gasteiger partial charge in [-0.25, -0.2) is 0 Å². The number of anilines is 1. The van der Waals surface area contributed by atoms with Crippen molar-refractivity contribution >= 4 is 23.2 Å². The van der Waals surface area contributed by atoms with Crippen molar-refractivity contribution in [2.24, 2.45) is 0 Å². The number of carbonyl (C=O) groups is 1. The average molecular weight is 392 g/mol. The van der Waals surface area contributed by atoms with Gasteiger partial charge in [-0.3, -0.25) is 9.69 Å². The van der Waals surface area contributed by atoms with Crippen molar-refractivity contribution in [3.63, 3.8) is 0 Å². The van der Waals surface area contributed by atoms with E-state index in [1.54, 1.807) is 30.3 Å². The SMILES string of the molecule is Cc1ccc(O)c(C2N(C(=O)c3ccc(Cl)cc3)c3ccccc3C2(C)C)c1. The van der Waals surface area contributed by atoms with E-state index >= 15 is 0 Å². The predicted octanol–water partition coefficient (Wildman–Crippen LogP) is 6.03. The van der Waals surface area contributed by atoms with Crippen molar-refractivity contribution in [3.8, 4) is 5.75 Å². The van der Waals surface area contributed by atoms with Crippen LogP contribution in [-0.4, -0.2) is 11.0 Å². The normalized spacial score (nSPS) is 17.4. The summed E-state index contributed by atoms with van der Waals surface area (Å²) in [6.07, 6.45) is 0. The number of aromatic hydroxyl groups is 1. The van der Waals surface area contributed by atoms with Crippen LogP contribution in [0.4, 0.5) is 5.69 Å². The minimum atomic E-state index is -0.371. The predicted molar refractivity (Wildman–Crippen MR) is 113 cm³/mol. The number of amides is 1. The summed E-state index contributed by atoms with van der Waals surface area (Å²) in [5.74, 6) is 0.0889. The fourth-order valence-corrected chi connectivity index (χ4v) is 4.34. The van der Waals surface area contributed by atoms with E-state index in [1.807, 2.05) is 42.2 Å². The molecule has 1 aliphatic heterocycles. The van der Waals surface area contributed by atoms with Crippen molar-refractivity contribution in [1.29, 1.82) is 0 Å². The Morgan fingerprint density at radius 2 is 1.71 bits per heavy atom. The van der Waals surface area contributed by atoms with E-state index in [-0.39, 0.29) is 23.1 Å². The van der Waals surface area contributed by atoms with Crippen LogP contribution in [0.15, 0.2) is 66.7 Å². The molecule has 0 radical (unpaired) electrons. The summed E-state index contributed by atoms with van der Waals surface area (Å²) in [5, 5.41) is 11.2. The Morgan fingerprint density at radius 1 is 1.04 bits per heavy atom. The number of phenols is 1. The highest BCUT2D eigenvalue weighted by atomic mass is 35.5. The second kappa shape index (κ2) is 6.68. The van der Waals surface area contributed by atoms with E-state index in [9.17, 15) is 9.90 Å². The summed E-state index contributed by atoms with van der Waals surface area (Å²) in [5.41, 5.74) is 3.95. The molecule has 1 aliphatic rings. The molecule has 3 nitrogen and oxygen atoms in total. The van der Waals surface area contributed by atoms with Crippen molar-refractivity contribution in [2.45, 2.75) is 32.2 Å². The van der Waals surface area contributed by atoms with Crippen molar-refractivity contribution < 1.29 is 9.90 Å². The Morgan fingerprint density at radius 3 is 2.43 bits per heavy atom. The van der Waals surface area contributed by atoms with Crippen LogP contribution in [0.3, 0.4) is 0 Å². The molecule has 0 spiro atoms. The second-order valence-electron chi connectivity index (χ2n) is 7.89. The van der Waals surface area contributed by atoms with Gasteiger partial charge in [0, 0.05) is 27.3 Å². The van der Waals surface area contributed by atoms with Crippen LogP contribution >= 0.6 is 11.6 Å². The fourth-order valence-electron chi connectivity index (χ4n) is 4.22. The third-order valence-corrected chi connectivity index (χ3v) is 5.84. The van der Waals surface area contributed by atoms with Gasteiger partial charge < -0.3 is 5.11 Å². The van der Waals surface area contributed by atoms with Crippen LogP contribution in [-0.2, 0) is 5.41 Å². The van der Waals surface area contributed by atoms with E-state index < -0.39 is 0 Å². The van der Waals surface area contributed by atoms with Gasteiger partial charge in [0.25, 0.3) is 5.91 Å². The number of halogens is 1. The molecule has 3 aromatic rings. The lowest BCUT2D eigenvalue weighted by Crippen LogP contribution is -2.38. The molecule has 1 unspecified atom stereocenters. The van der Waals surface area contributed by atoms with Gasteiger partial charge in [-0.05, 0) is 48.9 Å². The molecule has 4 heteroatoms. The summed E-state index contributed by atoms with van der Waals surface area (Å²) in [6.45, 7) is 6.23. The zero-order valence-electron chi connectivity index (χ0n) is 16.1. The number of fused-ring (bicyclic) bond motifs is 1. The van der Waals surface area contributed by atoms with E-state index in [1.165, 1.54) is 0 Å². The Balaban J connectivity index is 1.93. The molecule has 1 N–H and O–H groups in total. The second-order valence-corrected chi connectivity index (χ2v) is 8.32. The van der Waals surface area contributed by atoms with Gasteiger partial charge in [-0.15, -0.1) is 0 Å². The summed E-state index contributed by atoms with van der Waals surface area (Å²) in [4.78, 5) is 15.4. The first-order valence-electron chi connectivity index (χ1n) is 9.29. The molecule has 0 aliphatic carbocycles. The maximum Gasteiger partial charge on any atom is 0.258 e. The zero-order valence-corrected chi connectivity index (χ0v) is 16.9. The van der Waals surface area contributed by atoms with Gasteiger partial charge in [-0.1, -0.05) is 61.3 Å². The molecule has 28 heavy (non-hydrogen) atoms. The quantitative estimate of drug-likeness (QED) is 0.579. The summed E-state index contributed by atoms with van der Waals surface area (Å²) in [7, 11) is 0. The van der Waals surface area contributed by atoms with Gasteiger partial charge in [0.05, 0.1) is 6.04 Å². The monoisotopic (exact) mass is 391 g/mol. The van der Waals surface area contributed by atoms with Crippen LogP contribution in [0, 0.1) is 6.92 Å². The Bertz CT molecular complexity index is 1060. The van der Waals surface area contributed by atoms with Crippen LogP contribution in [0.25, 0.3) is 0 Å². The zero-order chi connectivity index (χ0) is 20.1. The molecule has 1 heterocycles. The van der Waals surface area contributed by atoms with E-state index in [0.717, 1.165) is 22.4 Å². The lowest BCUT2D eigenvalue weighted by atomic mass is 9.77. The number of hydrogen-bond donors (Lipinski definition) is 1. The number of phenolic OH excluding ortho intramolecular Hbond substituents is 1. The number of nitrogens with zero attached hydrogens (tertiary/aromatic N) is 1. The van der Waals surface area contributed by atoms with Crippen molar-refractivity contribution in [1.82, 2.24) is 0 Å². The molecule has 0 saturated heterocycles. The van der Waals surface area contributed by atoms with Gasteiger partial charge in [0.15, 0.2) is 0 Å². The van der Waals surface area contributed by atoms with E-state index in [4.69, 9.17) is 11.6 Å². The van der Waals surface area contributed by atoms with Crippen LogP contribution < -0.4 is 4.90 Å². The molecular weight excluding hydrogens is 370 g/mol. The summed E-state index contributed by atoms with van der Waals surface area (Å²) >= 11 is 6.01. The first-order chi connectivity index (χ1) is 13.3. The Kier molecular flexibility index (Phi) is 4.43. The minimum absolute atomic E-state index is 0.111. The largest absolute Gasteiger partial charge is 0.508 e. The summed E-state index contributed by atoms with van der Waals surface area (Å²) < 4.78 is 0. The van der Waals surface area contributed by atoms with Gasteiger partial charge in [0.2, 0.25) is 0 Å². The highest BCUT2D eigenvalue weighted by Gasteiger charge is 2.48. The molecule has 0 aromatic heterocycles. The van der Waals surface area contributed by atoms with E-state index in [0.29, 0.717) is 10.6 Å². The molecular formula is C24H22ClNO2. The number of aryl methyl sites for hydroxylation is 1. The molecule has 3 aromatic carbocycles. The number of rotatable bonds is 2. The maximum absolute atomic E-state index is 13.6. The topological polar surface area (TPSA) is 40.5 Å². The van der Waals surface area contributed by atoms with Gasteiger partial charge in [-0.2, -0.15) is 0 Å². The van der Waals surface area contributed by atoms with Crippen LogP contribution in [0.1, 0.15) is 46.9 Å². The smallest absolute Gasteiger partial charge is 0.258 e. The number of para-hydroxylation sites is 1. The Labute approximate surface area is 170 Å². The van der Waals surface area contributed by atoms with E-state index in [2.05, 4.69) is 19.9 Å². The van der Waals surface area contributed by atoms with Gasteiger partial charge >= 0.3 is 0 Å². The first-order valence-corrected chi connectivity index (χ1v) is 9.66. The molecule has 1 amide bonds. The fraction of sp³-hybridized carbons (Fsp3) is 0.208. The first kappa shape index (κ1) is 18.6. The highest BCUT2D eigenvalue weighted by molar-refractivity contribution is 6.30. The number of benzene rings is 3. The van der Waals surface area contributed by atoms with Crippen LogP contribution in [0.5, 0.6) is 5.75 Å². The summed E-state index contributed by atoms with van der Waals surface area (Å²) in [6, 6.07) is 20.1. The number of carbonyl (C=O) groups excluding carboxylic acids is 1. The molecule has 1 atom stereocenters. The van der Waals surface area contributed by atoms with Crippen LogP contribution in [0.2, 0.25) is 5.02 Å². The minimum Gasteiger partial charge on any atom is -0.508 e.